The predicted molar refractivity (Wildman–Crippen MR) is 97.6 cm³/mol. The van der Waals surface area contributed by atoms with E-state index in [0.717, 1.165) is 5.69 Å². The molecule has 2 aromatic rings. The van der Waals surface area contributed by atoms with Gasteiger partial charge in [-0.2, -0.15) is 0 Å². The Hall–Kier alpha value is -3.35. The highest BCUT2D eigenvalue weighted by atomic mass is 16.6. The van der Waals surface area contributed by atoms with Crippen molar-refractivity contribution in [3.8, 4) is 5.75 Å². The summed E-state index contributed by atoms with van der Waals surface area (Å²) in [5, 5.41) is 10.6. The number of nitro benzene ring substituents is 1. The second-order valence-corrected chi connectivity index (χ2v) is 5.68. The van der Waals surface area contributed by atoms with E-state index in [9.17, 15) is 14.9 Å². The summed E-state index contributed by atoms with van der Waals surface area (Å²) in [6.45, 7) is 1.62. The first kappa shape index (κ1) is 18.0. The van der Waals surface area contributed by atoms with Crippen molar-refractivity contribution < 1.29 is 14.5 Å². The number of carbonyl (C=O) groups excluding carboxylic acids is 1. The molecule has 0 aliphatic rings. The molecule has 2 aromatic carbocycles. The van der Waals surface area contributed by atoms with Crippen LogP contribution in [0.15, 0.2) is 48.0 Å². The molecule has 0 unspecified atom stereocenters. The van der Waals surface area contributed by atoms with Gasteiger partial charge in [0, 0.05) is 43.2 Å². The van der Waals surface area contributed by atoms with Crippen LogP contribution in [0, 0.1) is 10.1 Å². The van der Waals surface area contributed by atoms with Gasteiger partial charge in [0.05, 0.1) is 4.92 Å². The highest BCUT2D eigenvalue weighted by Crippen LogP contribution is 2.23. The summed E-state index contributed by atoms with van der Waals surface area (Å²) < 4.78 is 5.21. The molecule has 0 atom stereocenters. The Balaban J connectivity index is 2.13. The average Bonchev–Trinajstić information content (AvgIpc) is 2.56. The van der Waals surface area contributed by atoms with Gasteiger partial charge in [-0.25, -0.2) is 4.79 Å². The van der Waals surface area contributed by atoms with E-state index in [1.54, 1.807) is 13.0 Å². The molecule has 0 saturated carbocycles. The van der Waals surface area contributed by atoms with Crippen molar-refractivity contribution in [3.63, 3.8) is 0 Å². The number of ether oxygens (including phenoxy) is 1. The molecule has 0 fully saturated rings. The average molecular weight is 341 g/mol. The van der Waals surface area contributed by atoms with E-state index in [0.29, 0.717) is 16.8 Å². The lowest BCUT2D eigenvalue weighted by atomic mass is 10.1. The van der Waals surface area contributed by atoms with Crippen LogP contribution >= 0.6 is 0 Å². The molecular weight excluding hydrogens is 322 g/mol. The van der Waals surface area contributed by atoms with Crippen molar-refractivity contribution in [3.05, 3.63) is 63.7 Å². The SMILES string of the molecule is CC(=Cc1ccc(N(C)C)cc1N)C(=O)Oc1ccc([N+](=O)[O-])cc1. The van der Waals surface area contributed by atoms with E-state index in [2.05, 4.69) is 0 Å². The molecule has 130 valence electrons. The summed E-state index contributed by atoms with van der Waals surface area (Å²) in [4.78, 5) is 24.2. The second-order valence-electron chi connectivity index (χ2n) is 5.68. The molecule has 0 spiro atoms. The first-order chi connectivity index (χ1) is 11.8. The van der Waals surface area contributed by atoms with Crippen molar-refractivity contribution in [2.24, 2.45) is 0 Å². The molecular formula is C18H19N3O4. The number of nitro groups is 1. The highest BCUT2D eigenvalue weighted by Gasteiger charge is 2.11. The summed E-state index contributed by atoms with van der Waals surface area (Å²) in [6, 6.07) is 10.9. The maximum absolute atomic E-state index is 12.1. The maximum atomic E-state index is 12.1. The quantitative estimate of drug-likeness (QED) is 0.224. The third-order valence-corrected chi connectivity index (χ3v) is 3.54. The van der Waals surface area contributed by atoms with Crippen molar-refractivity contribution in [2.75, 3.05) is 24.7 Å². The van der Waals surface area contributed by atoms with Gasteiger partial charge >= 0.3 is 5.97 Å². The lowest BCUT2D eigenvalue weighted by Crippen LogP contribution is -2.10. The first-order valence-corrected chi connectivity index (χ1v) is 7.49. The van der Waals surface area contributed by atoms with Crippen LogP contribution in [0.5, 0.6) is 5.75 Å². The van der Waals surface area contributed by atoms with Crippen molar-refractivity contribution >= 4 is 29.1 Å². The minimum atomic E-state index is -0.551. The maximum Gasteiger partial charge on any atom is 0.339 e. The van der Waals surface area contributed by atoms with Crippen LogP contribution in [0.25, 0.3) is 6.08 Å². The number of nitrogens with two attached hydrogens (primary N) is 1. The van der Waals surface area contributed by atoms with Crippen LogP contribution in [-0.2, 0) is 4.79 Å². The van der Waals surface area contributed by atoms with Crippen LogP contribution in [0.3, 0.4) is 0 Å². The van der Waals surface area contributed by atoms with Crippen LogP contribution < -0.4 is 15.4 Å². The summed E-state index contributed by atoms with van der Waals surface area (Å²) in [5.41, 5.74) is 8.53. The smallest absolute Gasteiger partial charge is 0.339 e. The molecule has 0 bridgehead atoms. The Morgan fingerprint density at radius 2 is 1.84 bits per heavy atom. The van der Waals surface area contributed by atoms with Gasteiger partial charge < -0.3 is 15.4 Å². The van der Waals surface area contributed by atoms with Gasteiger partial charge in [0.1, 0.15) is 5.75 Å². The van der Waals surface area contributed by atoms with E-state index in [-0.39, 0.29) is 11.4 Å². The third kappa shape index (κ3) is 4.57. The van der Waals surface area contributed by atoms with E-state index in [4.69, 9.17) is 10.5 Å². The molecule has 0 radical (unpaired) electrons. The summed E-state index contributed by atoms with van der Waals surface area (Å²) in [5.74, 6) is -0.316. The Morgan fingerprint density at radius 1 is 1.20 bits per heavy atom. The van der Waals surface area contributed by atoms with E-state index < -0.39 is 10.9 Å². The number of rotatable bonds is 5. The van der Waals surface area contributed by atoms with E-state index >= 15 is 0 Å². The molecule has 0 amide bonds. The number of hydrogen-bond donors (Lipinski definition) is 1. The Kier molecular flexibility index (Phi) is 5.38. The molecule has 0 aromatic heterocycles. The van der Waals surface area contributed by atoms with E-state index in [1.165, 1.54) is 24.3 Å². The molecule has 2 N–H and O–H groups in total. The number of hydrogen-bond acceptors (Lipinski definition) is 6. The predicted octanol–water partition coefficient (Wildman–Crippen LogP) is 3.25. The van der Waals surface area contributed by atoms with E-state index in [1.807, 2.05) is 37.2 Å². The molecule has 0 aliphatic heterocycles. The van der Waals surface area contributed by atoms with Gasteiger partial charge in [0.2, 0.25) is 0 Å². The third-order valence-electron chi connectivity index (χ3n) is 3.54. The summed E-state index contributed by atoms with van der Waals surface area (Å²) in [7, 11) is 3.83. The second kappa shape index (κ2) is 7.48. The van der Waals surface area contributed by atoms with Gasteiger partial charge in [0.15, 0.2) is 0 Å². The van der Waals surface area contributed by atoms with Gasteiger partial charge in [-0.05, 0) is 42.8 Å². The minimum Gasteiger partial charge on any atom is -0.423 e. The van der Waals surface area contributed by atoms with Gasteiger partial charge in [-0.15, -0.1) is 0 Å². The summed E-state index contributed by atoms with van der Waals surface area (Å²) >= 11 is 0. The topological polar surface area (TPSA) is 98.7 Å². The van der Waals surface area contributed by atoms with Crippen molar-refractivity contribution in [1.82, 2.24) is 0 Å². The standard InChI is InChI=1S/C18H19N3O4/c1-12(10-13-4-5-15(20(2)3)11-17(13)19)18(22)25-16-8-6-14(7-9-16)21(23)24/h4-11H,19H2,1-3H3. The normalized spacial score (nSPS) is 11.1. The fourth-order valence-corrected chi connectivity index (χ4v) is 2.09. The Morgan fingerprint density at radius 3 is 2.36 bits per heavy atom. The van der Waals surface area contributed by atoms with Crippen LogP contribution in [0.2, 0.25) is 0 Å². The Bertz CT molecular complexity index is 827. The van der Waals surface area contributed by atoms with Crippen molar-refractivity contribution in [1.29, 1.82) is 0 Å². The number of carbonyl (C=O) groups is 1. The largest absolute Gasteiger partial charge is 0.423 e. The lowest BCUT2D eigenvalue weighted by Gasteiger charge is -2.14. The van der Waals surface area contributed by atoms with Crippen molar-refractivity contribution in [2.45, 2.75) is 6.92 Å². The number of nitrogen functional groups attached to an aromatic ring is 1. The molecule has 0 aliphatic carbocycles. The van der Waals surface area contributed by atoms with Crippen LogP contribution in [0.4, 0.5) is 17.1 Å². The molecule has 25 heavy (non-hydrogen) atoms. The number of benzene rings is 2. The molecule has 7 heteroatoms. The van der Waals surface area contributed by atoms with Crippen LogP contribution in [-0.4, -0.2) is 25.0 Å². The molecule has 0 heterocycles. The zero-order chi connectivity index (χ0) is 18.6. The number of nitrogens with zero attached hydrogens (tertiary/aromatic N) is 2. The van der Waals surface area contributed by atoms with Crippen LogP contribution in [0.1, 0.15) is 12.5 Å². The fraction of sp³-hybridized carbons (Fsp3) is 0.167. The monoisotopic (exact) mass is 341 g/mol. The zero-order valence-corrected chi connectivity index (χ0v) is 14.2. The zero-order valence-electron chi connectivity index (χ0n) is 14.2. The molecule has 7 nitrogen and oxygen atoms in total. The molecule has 2 rings (SSSR count). The van der Waals surface area contributed by atoms with Gasteiger partial charge in [-0.3, -0.25) is 10.1 Å². The minimum absolute atomic E-state index is 0.0687. The molecule has 0 saturated heterocycles. The number of esters is 1. The Labute approximate surface area is 145 Å². The van der Waals surface area contributed by atoms with Gasteiger partial charge in [-0.1, -0.05) is 6.07 Å². The summed E-state index contributed by atoms with van der Waals surface area (Å²) in [6.07, 6.45) is 1.64. The first-order valence-electron chi connectivity index (χ1n) is 7.49. The number of anilines is 2. The number of non-ortho nitro benzene ring substituents is 1. The lowest BCUT2D eigenvalue weighted by molar-refractivity contribution is -0.384. The highest BCUT2D eigenvalue weighted by molar-refractivity contribution is 5.95. The van der Waals surface area contributed by atoms with Gasteiger partial charge in [0.25, 0.3) is 5.69 Å². The fourth-order valence-electron chi connectivity index (χ4n) is 2.09.